The summed E-state index contributed by atoms with van der Waals surface area (Å²) in [5.41, 5.74) is -0.541. The SMILES string of the molecule is CCOC(=O)C=Cc1cc([N+](=O)[O-])c(F)cc1Cl. The Labute approximate surface area is 107 Å². The van der Waals surface area contributed by atoms with Crippen LogP contribution in [-0.4, -0.2) is 17.5 Å². The number of halogens is 2. The maximum absolute atomic E-state index is 13.2. The lowest BCUT2D eigenvalue weighted by atomic mass is 10.2. The number of hydrogen-bond donors (Lipinski definition) is 0. The van der Waals surface area contributed by atoms with E-state index in [1.54, 1.807) is 6.92 Å². The monoisotopic (exact) mass is 273 g/mol. The summed E-state index contributed by atoms with van der Waals surface area (Å²) in [6, 6.07) is 1.78. The van der Waals surface area contributed by atoms with Crippen LogP contribution < -0.4 is 0 Å². The lowest BCUT2D eigenvalue weighted by molar-refractivity contribution is -0.387. The molecule has 96 valence electrons. The van der Waals surface area contributed by atoms with Crippen molar-refractivity contribution >= 4 is 29.3 Å². The maximum Gasteiger partial charge on any atom is 0.330 e. The van der Waals surface area contributed by atoms with Crippen molar-refractivity contribution in [2.24, 2.45) is 0 Å². The Kier molecular flexibility index (Phi) is 4.79. The highest BCUT2D eigenvalue weighted by Crippen LogP contribution is 2.26. The van der Waals surface area contributed by atoms with Gasteiger partial charge in [0, 0.05) is 23.8 Å². The summed E-state index contributed by atoms with van der Waals surface area (Å²) in [5.74, 6) is -1.64. The fourth-order valence-corrected chi connectivity index (χ4v) is 1.38. The minimum Gasteiger partial charge on any atom is -0.463 e. The first-order chi connectivity index (χ1) is 8.45. The molecule has 0 fully saturated rings. The van der Waals surface area contributed by atoms with Crippen molar-refractivity contribution in [3.63, 3.8) is 0 Å². The predicted molar refractivity (Wildman–Crippen MR) is 63.7 cm³/mol. The summed E-state index contributed by atoms with van der Waals surface area (Å²) >= 11 is 5.70. The van der Waals surface area contributed by atoms with Crippen molar-refractivity contribution in [3.05, 3.63) is 44.7 Å². The Morgan fingerprint density at radius 2 is 2.28 bits per heavy atom. The summed E-state index contributed by atoms with van der Waals surface area (Å²) in [6.07, 6.45) is 2.29. The Bertz CT molecular complexity index is 516. The number of nitrogens with zero attached hydrogens (tertiary/aromatic N) is 1. The lowest BCUT2D eigenvalue weighted by Crippen LogP contribution is -1.99. The van der Waals surface area contributed by atoms with E-state index < -0.39 is 22.4 Å². The first-order valence-corrected chi connectivity index (χ1v) is 5.31. The number of carbonyl (C=O) groups is 1. The molecule has 0 radical (unpaired) electrons. The van der Waals surface area contributed by atoms with Gasteiger partial charge in [-0.25, -0.2) is 4.79 Å². The number of nitro groups is 1. The van der Waals surface area contributed by atoms with E-state index in [-0.39, 0.29) is 17.2 Å². The van der Waals surface area contributed by atoms with E-state index in [4.69, 9.17) is 11.6 Å². The summed E-state index contributed by atoms with van der Waals surface area (Å²) < 4.78 is 17.8. The van der Waals surface area contributed by atoms with Gasteiger partial charge in [0.1, 0.15) is 0 Å². The van der Waals surface area contributed by atoms with Gasteiger partial charge in [-0.3, -0.25) is 10.1 Å². The third-order valence-electron chi connectivity index (χ3n) is 1.95. The number of carbonyl (C=O) groups excluding carboxylic acids is 1. The lowest BCUT2D eigenvalue weighted by Gasteiger charge is -2.00. The molecule has 1 aromatic carbocycles. The molecule has 1 rings (SSSR count). The van der Waals surface area contributed by atoms with Crippen molar-refractivity contribution in [2.45, 2.75) is 6.92 Å². The third-order valence-corrected chi connectivity index (χ3v) is 2.28. The van der Waals surface area contributed by atoms with Gasteiger partial charge in [0.05, 0.1) is 16.6 Å². The molecule has 0 amide bonds. The van der Waals surface area contributed by atoms with Gasteiger partial charge in [0.25, 0.3) is 0 Å². The van der Waals surface area contributed by atoms with Gasteiger partial charge < -0.3 is 4.74 Å². The third kappa shape index (κ3) is 3.53. The zero-order chi connectivity index (χ0) is 13.7. The number of nitro benzene ring substituents is 1. The van der Waals surface area contributed by atoms with Crippen LogP contribution in [0.3, 0.4) is 0 Å². The largest absolute Gasteiger partial charge is 0.463 e. The summed E-state index contributed by atoms with van der Waals surface area (Å²) in [7, 11) is 0. The fraction of sp³-hybridized carbons (Fsp3) is 0.182. The molecule has 7 heteroatoms. The van der Waals surface area contributed by atoms with Crippen molar-refractivity contribution in [3.8, 4) is 0 Å². The van der Waals surface area contributed by atoms with Crippen LogP contribution in [0.25, 0.3) is 6.08 Å². The molecule has 0 aromatic heterocycles. The van der Waals surface area contributed by atoms with Crippen molar-refractivity contribution in [1.82, 2.24) is 0 Å². The zero-order valence-corrected chi connectivity index (χ0v) is 10.1. The molecule has 0 bridgehead atoms. The molecule has 0 aliphatic heterocycles. The van der Waals surface area contributed by atoms with Crippen LogP contribution in [0.1, 0.15) is 12.5 Å². The van der Waals surface area contributed by atoms with Crippen molar-refractivity contribution < 1.29 is 18.8 Å². The molecular weight excluding hydrogens is 265 g/mol. The molecule has 5 nitrogen and oxygen atoms in total. The summed E-state index contributed by atoms with van der Waals surface area (Å²) in [6.45, 7) is 1.85. The standard InChI is InChI=1S/C11H9ClFNO4/c1-2-18-11(15)4-3-7-5-10(14(16)17)9(13)6-8(7)12/h3-6H,2H2,1H3. The van der Waals surface area contributed by atoms with Gasteiger partial charge in [-0.1, -0.05) is 11.6 Å². The summed E-state index contributed by atoms with van der Waals surface area (Å²) in [5, 5.41) is 10.5. The smallest absolute Gasteiger partial charge is 0.330 e. The first-order valence-electron chi connectivity index (χ1n) is 4.94. The van der Waals surface area contributed by atoms with E-state index in [2.05, 4.69) is 4.74 Å². The number of rotatable bonds is 4. The van der Waals surface area contributed by atoms with Crippen LogP contribution in [0.2, 0.25) is 5.02 Å². The van der Waals surface area contributed by atoms with Crippen LogP contribution >= 0.6 is 11.6 Å². The van der Waals surface area contributed by atoms with E-state index in [9.17, 15) is 19.3 Å². The van der Waals surface area contributed by atoms with Crippen LogP contribution in [0.5, 0.6) is 0 Å². The molecule has 0 saturated carbocycles. The number of hydrogen-bond acceptors (Lipinski definition) is 4. The second-order valence-electron chi connectivity index (χ2n) is 3.17. The van der Waals surface area contributed by atoms with Gasteiger partial charge in [0.2, 0.25) is 5.82 Å². The molecule has 0 N–H and O–H groups in total. The molecule has 18 heavy (non-hydrogen) atoms. The Hall–Kier alpha value is -1.95. The van der Waals surface area contributed by atoms with Crippen LogP contribution in [0.4, 0.5) is 10.1 Å². The van der Waals surface area contributed by atoms with E-state index in [0.717, 1.165) is 18.2 Å². The van der Waals surface area contributed by atoms with E-state index in [1.165, 1.54) is 6.08 Å². The van der Waals surface area contributed by atoms with E-state index in [0.29, 0.717) is 0 Å². The van der Waals surface area contributed by atoms with Gasteiger partial charge in [-0.2, -0.15) is 4.39 Å². The van der Waals surface area contributed by atoms with Crippen molar-refractivity contribution in [1.29, 1.82) is 0 Å². The molecule has 1 aromatic rings. The molecule has 0 atom stereocenters. The van der Waals surface area contributed by atoms with Crippen LogP contribution in [-0.2, 0) is 9.53 Å². The van der Waals surface area contributed by atoms with Gasteiger partial charge in [0.15, 0.2) is 0 Å². The van der Waals surface area contributed by atoms with Gasteiger partial charge in [-0.15, -0.1) is 0 Å². The number of esters is 1. The minimum absolute atomic E-state index is 0.0290. The molecule has 0 heterocycles. The molecule has 0 aliphatic rings. The predicted octanol–water partition coefficient (Wildman–Crippen LogP) is 2.96. The average Bonchev–Trinajstić information content (AvgIpc) is 2.27. The highest BCUT2D eigenvalue weighted by atomic mass is 35.5. The zero-order valence-electron chi connectivity index (χ0n) is 9.35. The normalized spacial score (nSPS) is 10.6. The Balaban J connectivity index is 3.06. The Morgan fingerprint density at radius 1 is 1.61 bits per heavy atom. The number of benzene rings is 1. The first kappa shape index (κ1) is 14.1. The van der Waals surface area contributed by atoms with Crippen LogP contribution in [0, 0.1) is 15.9 Å². The highest BCUT2D eigenvalue weighted by molar-refractivity contribution is 6.32. The average molecular weight is 274 g/mol. The molecule has 0 aliphatic carbocycles. The highest BCUT2D eigenvalue weighted by Gasteiger charge is 2.16. The van der Waals surface area contributed by atoms with Gasteiger partial charge >= 0.3 is 11.7 Å². The summed E-state index contributed by atoms with van der Waals surface area (Å²) in [4.78, 5) is 20.7. The van der Waals surface area contributed by atoms with Crippen molar-refractivity contribution in [2.75, 3.05) is 6.61 Å². The quantitative estimate of drug-likeness (QED) is 0.366. The Morgan fingerprint density at radius 3 is 2.83 bits per heavy atom. The fourth-order valence-electron chi connectivity index (χ4n) is 1.17. The topological polar surface area (TPSA) is 69.4 Å². The second-order valence-corrected chi connectivity index (χ2v) is 3.57. The minimum atomic E-state index is -1.03. The van der Waals surface area contributed by atoms with E-state index >= 15 is 0 Å². The molecule has 0 unspecified atom stereocenters. The van der Waals surface area contributed by atoms with E-state index in [1.807, 2.05) is 0 Å². The molecule has 0 spiro atoms. The number of ether oxygens (including phenoxy) is 1. The molecule has 0 saturated heterocycles. The van der Waals surface area contributed by atoms with Gasteiger partial charge in [-0.05, 0) is 13.0 Å². The van der Waals surface area contributed by atoms with Crippen LogP contribution in [0.15, 0.2) is 18.2 Å². The maximum atomic E-state index is 13.2. The second kappa shape index (κ2) is 6.11. The molecular formula is C11H9ClFNO4.